The van der Waals surface area contributed by atoms with Gasteiger partial charge in [-0.2, -0.15) is 0 Å². The van der Waals surface area contributed by atoms with Crippen molar-refractivity contribution in [1.29, 1.82) is 0 Å². The molecule has 0 radical (unpaired) electrons. The lowest BCUT2D eigenvalue weighted by molar-refractivity contribution is 0.385. The summed E-state index contributed by atoms with van der Waals surface area (Å²) < 4.78 is 0. The predicted octanol–water partition coefficient (Wildman–Crippen LogP) is 3.37. The number of piperidine rings is 1. The highest BCUT2D eigenvalue weighted by atomic mass is 15.2. The molecular formula is C18H25N3. The molecule has 0 unspecified atom stereocenters. The molecule has 0 spiro atoms. The van der Waals surface area contributed by atoms with Crippen molar-refractivity contribution in [2.24, 2.45) is 5.92 Å². The standard InChI is InChI=1S/C18H25N3/c1-3-19-13-15-8-10-21(11-9-15)18-14(2)12-16-6-4-5-7-17(16)20-18/h4-7,12,15,19H,3,8-11,13H2,1-2H3. The molecule has 0 bridgehead atoms. The average Bonchev–Trinajstić information content (AvgIpc) is 2.53. The van der Waals surface area contributed by atoms with Gasteiger partial charge in [-0.05, 0) is 56.5 Å². The SMILES string of the molecule is CCNCC1CCN(c2nc3ccccc3cc2C)CC1. The molecule has 1 N–H and O–H groups in total. The van der Waals surface area contributed by atoms with Gasteiger partial charge in [0.25, 0.3) is 0 Å². The number of aromatic nitrogens is 1. The Morgan fingerprint density at radius 1 is 1.24 bits per heavy atom. The van der Waals surface area contributed by atoms with Gasteiger partial charge in [0.15, 0.2) is 0 Å². The van der Waals surface area contributed by atoms with Crippen molar-refractivity contribution < 1.29 is 0 Å². The summed E-state index contributed by atoms with van der Waals surface area (Å²) in [7, 11) is 0. The minimum Gasteiger partial charge on any atom is -0.356 e. The highest BCUT2D eigenvalue weighted by Crippen LogP contribution is 2.27. The lowest BCUT2D eigenvalue weighted by Crippen LogP contribution is -2.38. The molecule has 0 amide bonds. The summed E-state index contributed by atoms with van der Waals surface area (Å²) in [6.45, 7) is 8.85. The largest absolute Gasteiger partial charge is 0.356 e. The van der Waals surface area contributed by atoms with Crippen LogP contribution >= 0.6 is 0 Å². The number of nitrogens with one attached hydrogen (secondary N) is 1. The maximum atomic E-state index is 4.90. The summed E-state index contributed by atoms with van der Waals surface area (Å²) in [6.07, 6.45) is 2.53. The van der Waals surface area contributed by atoms with Crippen LogP contribution in [0.1, 0.15) is 25.3 Å². The third kappa shape index (κ3) is 3.18. The molecule has 2 aromatic rings. The predicted molar refractivity (Wildman–Crippen MR) is 90.0 cm³/mol. The minimum absolute atomic E-state index is 0.821. The third-order valence-electron chi connectivity index (χ3n) is 4.48. The van der Waals surface area contributed by atoms with E-state index >= 15 is 0 Å². The molecular weight excluding hydrogens is 258 g/mol. The third-order valence-corrected chi connectivity index (χ3v) is 4.48. The number of nitrogens with zero attached hydrogens (tertiary/aromatic N) is 2. The van der Waals surface area contributed by atoms with Crippen molar-refractivity contribution in [2.75, 3.05) is 31.1 Å². The lowest BCUT2D eigenvalue weighted by Gasteiger charge is -2.33. The van der Waals surface area contributed by atoms with Crippen molar-refractivity contribution >= 4 is 16.7 Å². The summed E-state index contributed by atoms with van der Waals surface area (Å²) in [5.41, 5.74) is 2.40. The molecule has 0 atom stereocenters. The van der Waals surface area contributed by atoms with E-state index < -0.39 is 0 Å². The first-order valence-corrected chi connectivity index (χ1v) is 8.10. The first kappa shape index (κ1) is 14.3. The summed E-state index contributed by atoms with van der Waals surface area (Å²) in [4.78, 5) is 7.36. The van der Waals surface area contributed by atoms with Crippen LogP contribution < -0.4 is 10.2 Å². The maximum Gasteiger partial charge on any atom is 0.132 e. The fourth-order valence-electron chi connectivity index (χ4n) is 3.23. The number of aryl methyl sites for hydroxylation is 1. The smallest absolute Gasteiger partial charge is 0.132 e. The summed E-state index contributed by atoms with van der Waals surface area (Å²) >= 11 is 0. The number of rotatable bonds is 4. The van der Waals surface area contributed by atoms with E-state index in [1.54, 1.807) is 0 Å². The Morgan fingerprint density at radius 2 is 2.00 bits per heavy atom. The zero-order valence-corrected chi connectivity index (χ0v) is 13.1. The molecule has 3 rings (SSSR count). The van der Waals surface area contributed by atoms with Gasteiger partial charge in [-0.1, -0.05) is 25.1 Å². The fraction of sp³-hybridized carbons (Fsp3) is 0.500. The van der Waals surface area contributed by atoms with E-state index in [1.807, 2.05) is 0 Å². The van der Waals surface area contributed by atoms with E-state index in [2.05, 4.69) is 54.4 Å². The summed E-state index contributed by atoms with van der Waals surface area (Å²) in [5, 5.41) is 4.71. The molecule has 1 aliphatic heterocycles. The molecule has 0 aliphatic carbocycles. The van der Waals surface area contributed by atoms with Crippen LogP contribution in [0, 0.1) is 12.8 Å². The van der Waals surface area contributed by atoms with Gasteiger partial charge in [0, 0.05) is 18.5 Å². The van der Waals surface area contributed by atoms with Crippen LogP contribution in [-0.2, 0) is 0 Å². The second-order valence-electron chi connectivity index (χ2n) is 6.06. The zero-order chi connectivity index (χ0) is 14.7. The molecule has 1 saturated heterocycles. The zero-order valence-electron chi connectivity index (χ0n) is 13.1. The Hall–Kier alpha value is -1.61. The van der Waals surface area contributed by atoms with Crippen molar-refractivity contribution in [1.82, 2.24) is 10.3 Å². The molecule has 1 aromatic carbocycles. The van der Waals surface area contributed by atoms with Crippen LogP contribution in [0.5, 0.6) is 0 Å². The number of para-hydroxylation sites is 1. The topological polar surface area (TPSA) is 28.2 Å². The normalized spacial score (nSPS) is 16.6. The number of hydrogen-bond donors (Lipinski definition) is 1. The molecule has 1 aliphatic rings. The number of pyridine rings is 1. The first-order valence-electron chi connectivity index (χ1n) is 8.10. The summed E-state index contributed by atoms with van der Waals surface area (Å²) in [5.74, 6) is 2.00. The number of fused-ring (bicyclic) bond motifs is 1. The number of anilines is 1. The van der Waals surface area contributed by atoms with Crippen molar-refractivity contribution in [2.45, 2.75) is 26.7 Å². The Morgan fingerprint density at radius 3 is 2.76 bits per heavy atom. The van der Waals surface area contributed by atoms with E-state index in [0.29, 0.717) is 0 Å². The molecule has 0 saturated carbocycles. The van der Waals surface area contributed by atoms with E-state index in [1.165, 1.54) is 29.6 Å². The quantitative estimate of drug-likeness (QED) is 0.932. The van der Waals surface area contributed by atoms with E-state index in [0.717, 1.165) is 37.6 Å². The van der Waals surface area contributed by atoms with Gasteiger partial charge in [-0.3, -0.25) is 0 Å². The van der Waals surface area contributed by atoms with Crippen molar-refractivity contribution in [3.05, 3.63) is 35.9 Å². The number of benzene rings is 1. The van der Waals surface area contributed by atoms with E-state index in [9.17, 15) is 0 Å². The molecule has 3 heteroatoms. The fourth-order valence-corrected chi connectivity index (χ4v) is 3.23. The molecule has 21 heavy (non-hydrogen) atoms. The Kier molecular flexibility index (Phi) is 4.39. The maximum absolute atomic E-state index is 4.90. The monoisotopic (exact) mass is 283 g/mol. The van der Waals surface area contributed by atoms with Gasteiger partial charge in [0.2, 0.25) is 0 Å². The Labute approximate surface area is 127 Å². The minimum atomic E-state index is 0.821. The first-order chi connectivity index (χ1) is 10.3. The number of hydrogen-bond acceptors (Lipinski definition) is 3. The van der Waals surface area contributed by atoms with Crippen LogP contribution in [-0.4, -0.2) is 31.2 Å². The van der Waals surface area contributed by atoms with Crippen LogP contribution in [0.4, 0.5) is 5.82 Å². The van der Waals surface area contributed by atoms with Crippen LogP contribution in [0.2, 0.25) is 0 Å². The Balaban J connectivity index is 1.74. The van der Waals surface area contributed by atoms with Crippen LogP contribution in [0.25, 0.3) is 10.9 Å². The van der Waals surface area contributed by atoms with Crippen LogP contribution in [0.3, 0.4) is 0 Å². The van der Waals surface area contributed by atoms with Gasteiger partial charge in [0.1, 0.15) is 5.82 Å². The molecule has 2 heterocycles. The van der Waals surface area contributed by atoms with Gasteiger partial charge >= 0.3 is 0 Å². The molecule has 1 aromatic heterocycles. The summed E-state index contributed by atoms with van der Waals surface area (Å²) in [6, 6.07) is 10.7. The molecule has 1 fully saturated rings. The molecule has 112 valence electrons. The van der Waals surface area contributed by atoms with Gasteiger partial charge < -0.3 is 10.2 Å². The van der Waals surface area contributed by atoms with Gasteiger partial charge in [-0.15, -0.1) is 0 Å². The second-order valence-corrected chi connectivity index (χ2v) is 6.06. The van der Waals surface area contributed by atoms with E-state index in [4.69, 9.17) is 4.98 Å². The molecule has 3 nitrogen and oxygen atoms in total. The van der Waals surface area contributed by atoms with Crippen molar-refractivity contribution in [3.63, 3.8) is 0 Å². The van der Waals surface area contributed by atoms with Gasteiger partial charge in [-0.25, -0.2) is 4.98 Å². The van der Waals surface area contributed by atoms with Gasteiger partial charge in [0.05, 0.1) is 5.52 Å². The average molecular weight is 283 g/mol. The highest BCUT2D eigenvalue weighted by Gasteiger charge is 2.21. The van der Waals surface area contributed by atoms with Crippen molar-refractivity contribution in [3.8, 4) is 0 Å². The lowest BCUT2D eigenvalue weighted by atomic mass is 9.96. The van der Waals surface area contributed by atoms with E-state index in [-0.39, 0.29) is 0 Å². The second kappa shape index (κ2) is 6.44. The Bertz CT molecular complexity index is 600. The van der Waals surface area contributed by atoms with Crippen LogP contribution in [0.15, 0.2) is 30.3 Å². The highest BCUT2D eigenvalue weighted by molar-refractivity contribution is 5.81.